The molecule has 0 bridgehead atoms. The van der Waals surface area contributed by atoms with E-state index in [4.69, 9.17) is 9.47 Å². The number of benzene rings is 2. The molecule has 0 saturated carbocycles. The third-order valence-corrected chi connectivity index (χ3v) is 4.74. The van der Waals surface area contributed by atoms with Crippen LogP contribution in [0.1, 0.15) is 5.56 Å². The second-order valence-corrected chi connectivity index (χ2v) is 6.53. The second kappa shape index (κ2) is 7.57. The first kappa shape index (κ1) is 17.2. The standard InChI is InChI=1S/C20H21N3O4/c24-19(13-15-6-7-17-18(12-15)27-14-26-17)22-8-10-23(11-9-22)20(25)21-16-4-2-1-3-5-16/h1-7,12H,8-11,13-14H2,(H,21,25). The largest absolute Gasteiger partial charge is 0.454 e. The Morgan fingerprint density at radius 1 is 0.889 bits per heavy atom. The minimum absolute atomic E-state index is 0.0528. The molecule has 2 aromatic rings. The van der Waals surface area contributed by atoms with Crippen LogP contribution in [0.2, 0.25) is 0 Å². The number of nitrogens with zero attached hydrogens (tertiary/aromatic N) is 2. The van der Waals surface area contributed by atoms with Gasteiger partial charge < -0.3 is 24.6 Å². The van der Waals surface area contributed by atoms with Gasteiger partial charge in [-0.2, -0.15) is 0 Å². The summed E-state index contributed by atoms with van der Waals surface area (Å²) >= 11 is 0. The lowest BCUT2D eigenvalue weighted by Gasteiger charge is -2.34. The van der Waals surface area contributed by atoms with E-state index in [9.17, 15) is 9.59 Å². The van der Waals surface area contributed by atoms with Crippen LogP contribution < -0.4 is 14.8 Å². The van der Waals surface area contributed by atoms with E-state index in [1.54, 1.807) is 9.80 Å². The minimum Gasteiger partial charge on any atom is -0.454 e. The van der Waals surface area contributed by atoms with Gasteiger partial charge >= 0.3 is 6.03 Å². The number of para-hydroxylation sites is 1. The third kappa shape index (κ3) is 3.97. The summed E-state index contributed by atoms with van der Waals surface area (Å²) in [4.78, 5) is 28.4. The van der Waals surface area contributed by atoms with E-state index in [-0.39, 0.29) is 18.7 Å². The van der Waals surface area contributed by atoms with Crippen LogP contribution in [0.5, 0.6) is 11.5 Å². The predicted octanol–water partition coefficient (Wildman–Crippen LogP) is 2.33. The van der Waals surface area contributed by atoms with Crippen molar-refractivity contribution in [3.8, 4) is 11.5 Å². The maximum atomic E-state index is 12.6. The fourth-order valence-corrected chi connectivity index (χ4v) is 3.22. The average molecular weight is 367 g/mol. The van der Waals surface area contributed by atoms with Crippen LogP contribution in [0, 0.1) is 0 Å². The van der Waals surface area contributed by atoms with E-state index >= 15 is 0 Å². The van der Waals surface area contributed by atoms with Gasteiger partial charge in [0.15, 0.2) is 11.5 Å². The van der Waals surface area contributed by atoms with Crippen LogP contribution in [0.4, 0.5) is 10.5 Å². The molecule has 2 aliphatic rings. The van der Waals surface area contributed by atoms with Crippen LogP contribution >= 0.6 is 0 Å². The van der Waals surface area contributed by atoms with Crippen LogP contribution in [0.25, 0.3) is 0 Å². The van der Waals surface area contributed by atoms with Gasteiger partial charge in [-0.05, 0) is 29.8 Å². The Labute approximate surface area is 157 Å². The normalized spacial score (nSPS) is 15.6. The van der Waals surface area contributed by atoms with Crippen molar-refractivity contribution in [2.45, 2.75) is 6.42 Å². The molecule has 0 spiro atoms. The van der Waals surface area contributed by atoms with Crippen molar-refractivity contribution >= 4 is 17.6 Å². The van der Waals surface area contributed by atoms with Crippen molar-refractivity contribution in [1.82, 2.24) is 9.80 Å². The lowest BCUT2D eigenvalue weighted by molar-refractivity contribution is -0.131. The lowest BCUT2D eigenvalue weighted by atomic mass is 10.1. The fourth-order valence-electron chi connectivity index (χ4n) is 3.22. The average Bonchev–Trinajstić information content (AvgIpc) is 3.16. The summed E-state index contributed by atoms with van der Waals surface area (Å²) in [7, 11) is 0. The molecule has 2 aromatic carbocycles. The highest BCUT2D eigenvalue weighted by atomic mass is 16.7. The van der Waals surface area contributed by atoms with Crippen molar-refractivity contribution in [2.75, 3.05) is 38.3 Å². The highest BCUT2D eigenvalue weighted by Gasteiger charge is 2.24. The fraction of sp³-hybridized carbons (Fsp3) is 0.300. The molecule has 0 unspecified atom stereocenters. The molecule has 0 radical (unpaired) electrons. The van der Waals surface area contributed by atoms with Gasteiger partial charge in [-0.15, -0.1) is 0 Å². The SMILES string of the molecule is O=C(Cc1ccc2c(c1)OCO2)N1CCN(C(=O)Nc2ccccc2)CC1. The number of hydrogen-bond donors (Lipinski definition) is 1. The maximum Gasteiger partial charge on any atom is 0.321 e. The Bertz CT molecular complexity index is 832. The third-order valence-electron chi connectivity index (χ3n) is 4.74. The Kier molecular flexibility index (Phi) is 4.82. The molecule has 1 N–H and O–H groups in total. The first-order valence-electron chi connectivity index (χ1n) is 8.96. The van der Waals surface area contributed by atoms with Gasteiger partial charge in [-0.1, -0.05) is 24.3 Å². The predicted molar refractivity (Wildman–Crippen MR) is 99.9 cm³/mol. The number of hydrogen-bond acceptors (Lipinski definition) is 4. The van der Waals surface area contributed by atoms with Crippen molar-refractivity contribution in [2.24, 2.45) is 0 Å². The summed E-state index contributed by atoms with van der Waals surface area (Å²) in [6.07, 6.45) is 0.312. The lowest BCUT2D eigenvalue weighted by Crippen LogP contribution is -2.52. The van der Waals surface area contributed by atoms with Gasteiger partial charge in [0.2, 0.25) is 12.7 Å². The van der Waals surface area contributed by atoms with Crippen LogP contribution in [0.3, 0.4) is 0 Å². The molecular weight excluding hydrogens is 346 g/mol. The molecule has 2 aliphatic heterocycles. The van der Waals surface area contributed by atoms with Crippen LogP contribution in [-0.4, -0.2) is 54.7 Å². The van der Waals surface area contributed by atoms with E-state index < -0.39 is 0 Å². The molecule has 1 saturated heterocycles. The van der Waals surface area contributed by atoms with E-state index in [2.05, 4.69) is 5.32 Å². The summed E-state index contributed by atoms with van der Waals surface area (Å²) in [5.41, 5.74) is 1.66. The van der Waals surface area contributed by atoms with Crippen molar-refractivity contribution in [3.63, 3.8) is 0 Å². The molecule has 0 aliphatic carbocycles. The highest BCUT2D eigenvalue weighted by molar-refractivity contribution is 5.89. The molecule has 7 heteroatoms. The Hall–Kier alpha value is -3.22. The summed E-state index contributed by atoms with van der Waals surface area (Å²) in [6, 6.07) is 14.8. The Morgan fingerprint density at radius 3 is 2.37 bits per heavy atom. The van der Waals surface area contributed by atoms with Crippen LogP contribution in [-0.2, 0) is 11.2 Å². The van der Waals surface area contributed by atoms with E-state index in [1.807, 2.05) is 48.5 Å². The molecule has 7 nitrogen and oxygen atoms in total. The number of anilines is 1. The summed E-state index contributed by atoms with van der Waals surface area (Å²) in [5.74, 6) is 1.45. The molecule has 2 heterocycles. The zero-order valence-corrected chi connectivity index (χ0v) is 14.9. The minimum atomic E-state index is -0.135. The monoisotopic (exact) mass is 367 g/mol. The number of piperazine rings is 1. The van der Waals surface area contributed by atoms with E-state index in [0.29, 0.717) is 44.1 Å². The van der Waals surface area contributed by atoms with Crippen molar-refractivity contribution in [1.29, 1.82) is 0 Å². The highest BCUT2D eigenvalue weighted by Crippen LogP contribution is 2.32. The van der Waals surface area contributed by atoms with Gasteiger partial charge in [0, 0.05) is 31.9 Å². The van der Waals surface area contributed by atoms with Gasteiger partial charge in [-0.25, -0.2) is 4.79 Å². The zero-order valence-electron chi connectivity index (χ0n) is 14.9. The summed E-state index contributed by atoms with van der Waals surface area (Å²) in [5, 5.41) is 2.88. The second-order valence-electron chi connectivity index (χ2n) is 6.53. The number of urea groups is 1. The van der Waals surface area contributed by atoms with Crippen molar-refractivity contribution < 1.29 is 19.1 Å². The molecule has 4 rings (SSSR count). The molecule has 3 amide bonds. The number of carbonyl (C=O) groups is 2. The smallest absolute Gasteiger partial charge is 0.321 e. The summed E-state index contributed by atoms with van der Waals surface area (Å²) in [6.45, 7) is 2.33. The van der Waals surface area contributed by atoms with E-state index in [0.717, 1.165) is 11.3 Å². The first-order valence-corrected chi connectivity index (χ1v) is 8.96. The Morgan fingerprint density at radius 2 is 1.59 bits per heavy atom. The molecule has 0 aromatic heterocycles. The maximum absolute atomic E-state index is 12.6. The molecule has 27 heavy (non-hydrogen) atoms. The van der Waals surface area contributed by atoms with E-state index in [1.165, 1.54) is 0 Å². The summed E-state index contributed by atoms with van der Waals surface area (Å²) < 4.78 is 10.6. The molecule has 0 atom stereocenters. The number of nitrogens with one attached hydrogen (secondary N) is 1. The number of ether oxygens (including phenoxy) is 2. The van der Waals surface area contributed by atoms with Crippen molar-refractivity contribution in [3.05, 3.63) is 54.1 Å². The topological polar surface area (TPSA) is 71.1 Å². The number of fused-ring (bicyclic) bond motifs is 1. The number of carbonyl (C=O) groups excluding carboxylic acids is 2. The first-order chi connectivity index (χ1) is 13.2. The molecular formula is C20H21N3O4. The van der Waals surface area contributed by atoms with Gasteiger partial charge in [-0.3, -0.25) is 4.79 Å². The van der Waals surface area contributed by atoms with Gasteiger partial charge in [0.1, 0.15) is 0 Å². The number of amides is 3. The molecule has 140 valence electrons. The van der Waals surface area contributed by atoms with Gasteiger partial charge in [0.05, 0.1) is 6.42 Å². The quantitative estimate of drug-likeness (QED) is 0.904. The Balaban J connectivity index is 1.28. The molecule has 1 fully saturated rings. The van der Waals surface area contributed by atoms with Crippen LogP contribution in [0.15, 0.2) is 48.5 Å². The van der Waals surface area contributed by atoms with Gasteiger partial charge in [0.25, 0.3) is 0 Å². The number of rotatable bonds is 3. The zero-order chi connectivity index (χ0) is 18.6.